The molecule has 1 heteroatoms. The summed E-state index contributed by atoms with van der Waals surface area (Å²) >= 11 is 0. The van der Waals surface area contributed by atoms with Crippen molar-refractivity contribution < 1.29 is 4.79 Å². The molecule has 1 nitrogen and oxygen atoms in total. The molecule has 2 aliphatic rings. The predicted molar refractivity (Wildman–Crippen MR) is 109 cm³/mol. The first-order chi connectivity index (χ1) is 12.3. The van der Waals surface area contributed by atoms with Gasteiger partial charge in [-0.3, -0.25) is 0 Å². The lowest BCUT2D eigenvalue weighted by Gasteiger charge is -2.28. The molecule has 0 radical (unpaired) electrons. The second kappa shape index (κ2) is 12.9. The summed E-state index contributed by atoms with van der Waals surface area (Å²) in [6.07, 6.45) is 26.7. The van der Waals surface area contributed by atoms with E-state index in [4.69, 9.17) is 0 Å². The van der Waals surface area contributed by atoms with E-state index in [1.54, 1.807) is 0 Å². The van der Waals surface area contributed by atoms with Crippen molar-refractivity contribution in [3.8, 4) is 0 Å². The lowest BCUT2D eigenvalue weighted by atomic mass is 9.78. The first-order valence-corrected chi connectivity index (χ1v) is 11.8. The molecule has 2 atom stereocenters. The van der Waals surface area contributed by atoms with E-state index < -0.39 is 0 Å². The van der Waals surface area contributed by atoms with E-state index in [9.17, 15) is 4.79 Å². The minimum absolute atomic E-state index is 0.387. The van der Waals surface area contributed by atoms with Gasteiger partial charge in [-0.1, -0.05) is 90.4 Å². The van der Waals surface area contributed by atoms with Gasteiger partial charge < -0.3 is 4.79 Å². The molecule has 0 N–H and O–H groups in total. The van der Waals surface area contributed by atoms with Crippen molar-refractivity contribution >= 4 is 6.29 Å². The van der Waals surface area contributed by atoms with Gasteiger partial charge in [0.1, 0.15) is 6.29 Å². The maximum absolute atomic E-state index is 10.8. The van der Waals surface area contributed by atoms with Crippen LogP contribution >= 0.6 is 0 Å². The maximum atomic E-state index is 10.8. The molecule has 0 aromatic carbocycles. The Hall–Kier alpha value is -0.330. The quantitative estimate of drug-likeness (QED) is 0.260. The SMILES string of the molecule is CCC1CCCC(CCCCCCCCCC2CCC(C=O)CC2)C1. The van der Waals surface area contributed by atoms with Crippen LogP contribution in [0.4, 0.5) is 0 Å². The Morgan fingerprint density at radius 3 is 1.84 bits per heavy atom. The van der Waals surface area contributed by atoms with Crippen molar-refractivity contribution in [3.63, 3.8) is 0 Å². The number of hydrogen-bond acceptors (Lipinski definition) is 1. The zero-order valence-electron chi connectivity index (χ0n) is 17.0. The van der Waals surface area contributed by atoms with E-state index in [-0.39, 0.29) is 0 Å². The molecule has 25 heavy (non-hydrogen) atoms. The number of aldehydes is 1. The molecule has 0 aromatic heterocycles. The molecule has 2 rings (SSSR count). The van der Waals surface area contributed by atoms with Crippen molar-refractivity contribution in [2.24, 2.45) is 23.7 Å². The molecule has 0 spiro atoms. The summed E-state index contributed by atoms with van der Waals surface area (Å²) in [5.74, 6) is 3.43. The Bertz CT molecular complexity index is 329. The van der Waals surface area contributed by atoms with E-state index in [1.165, 1.54) is 109 Å². The minimum Gasteiger partial charge on any atom is -0.303 e. The Labute approximate surface area is 157 Å². The van der Waals surface area contributed by atoms with Crippen molar-refractivity contribution in [2.75, 3.05) is 0 Å². The van der Waals surface area contributed by atoms with Crippen LogP contribution in [0.15, 0.2) is 0 Å². The van der Waals surface area contributed by atoms with Gasteiger partial charge in [0.2, 0.25) is 0 Å². The number of carbonyl (C=O) groups is 1. The summed E-state index contributed by atoms with van der Waals surface area (Å²) in [7, 11) is 0. The van der Waals surface area contributed by atoms with Gasteiger partial charge in [0.05, 0.1) is 0 Å². The third kappa shape index (κ3) is 8.74. The highest BCUT2D eigenvalue weighted by molar-refractivity contribution is 5.53. The van der Waals surface area contributed by atoms with E-state index in [2.05, 4.69) is 6.92 Å². The van der Waals surface area contributed by atoms with Crippen LogP contribution in [-0.4, -0.2) is 6.29 Å². The molecule has 0 amide bonds. The van der Waals surface area contributed by atoms with Crippen LogP contribution in [0.2, 0.25) is 0 Å². The van der Waals surface area contributed by atoms with Gasteiger partial charge >= 0.3 is 0 Å². The Kier molecular flexibility index (Phi) is 10.9. The molecule has 0 aliphatic heterocycles. The molecular weight excluding hydrogens is 304 g/mol. The number of carbonyl (C=O) groups excluding carboxylic acids is 1. The molecular formula is C24H44O. The van der Waals surface area contributed by atoms with Gasteiger partial charge in [-0.05, 0) is 49.9 Å². The molecule has 2 fully saturated rings. The number of hydrogen-bond donors (Lipinski definition) is 0. The highest BCUT2D eigenvalue weighted by atomic mass is 16.1. The molecule has 0 saturated heterocycles. The van der Waals surface area contributed by atoms with E-state index in [0.29, 0.717) is 5.92 Å². The highest BCUT2D eigenvalue weighted by Crippen LogP contribution is 2.34. The summed E-state index contributed by atoms with van der Waals surface area (Å²) in [6.45, 7) is 2.38. The van der Waals surface area contributed by atoms with Crippen LogP contribution in [0, 0.1) is 23.7 Å². The summed E-state index contributed by atoms with van der Waals surface area (Å²) in [4.78, 5) is 10.8. The van der Waals surface area contributed by atoms with Crippen LogP contribution in [0.3, 0.4) is 0 Å². The van der Waals surface area contributed by atoms with Gasteiger partial charge in [0.25, 0.3) is 0 Å². The van der Waals surface area contributed by atoms with E-state index in [1.807, 2.05) is 0 Å². The molecule has 0 bridgehead atoms. The third-order valence-corrected chi connectivity index (χ3v) is 7.28. The van der Waals surface area contributed by atoms with Crippen LogP contribution in [0.1, 0.15) is 122 Å². The first kappa shape index (κ1) is 21.0. The lowest BCUT2D eigenvalue weighted by molar-refractivity contribution is -0.112. The van der Waals surface area contributed by atoms with Gasteiger partial charge in [-0.25, -0.2) is 0 Å². The minimum atomic E-state index is 0.387. The normalized spacial score (nSPS) is 30.3. The largest absolute Gasteiger partial charge is 0.303 e. The van der Waals surface area contributed by atoms with E-state index in [0.717, 1.165) is 30.6 Å². The summed E-state index contributed by atoms with van der Waals surface area (Å²) in [5, 5.41) is 0. The predicted octanol–water partition coefficient (Wildman–Crippen LogP) is 7.72. The van der Waals surface area contributed by atoms with Crippen molar-refractivity contribution in [3.05, 3.63) is 0 Å². The van der Waals surface area contributed by atoms with Crippen LogP contribution in [-0.2, 0) is 4.79 Å². The van der Waals surface area contributed by atoms with Crippen LogP contribution < -0.4 is 0 Å². The number of unbranched alkanes of at least 4 members (excludes halogenated alkanes) is 6. The number of rotatable bonds is 12. The first-order valence-electron chi connectivity index (χ1n) is 11.8. The zero-order chi connectivity index (χ0) is 17.7. The Morgan fingerprint density at radius 2 is 1.24 bits per heavy atom. The summed E-state index contributed by atoms with van der Waals surface area (Å²) < 4.78 is 0. The van der Waals surface area contributed by atoms with Crippen molar-refractivity contribution in [1.82, 2.24) is 0 Å². The average molecular weight is 349 g/mol. The summed E-state index contributed by atoms with van der Waals surface area (Å²) in [6, 6.07) is 0. The zero-order valence-corrected chi connectivity index (χ0v) is 17.0. The maximum Gasteiger partial charge on any atom is 0.123 e. The van der Waals surface area contributed by atoms with Gasteiger partial charge in [0.15, 0.2) is 0 Å². The average Bonchev–Trinajstić information content (AvgIpc) is 2.67. The third-order valence-electron chi connectivity index (χ3n) is 7.28. The molecule has 2 unspecified atom stereocenters. The van der Waals surface area contributed by atoms with Crippen molar-refractivity contribution in [1.29, 1.82) is 0 Å². The van der Waals surface area contributed by atoms with Gasteiger partial charge in [-0.15, -0.1) is 0 Å². The Morgan fingerprint density at radius 1 is 0.680 bits per heavy atom. The van der Waals surface area contributed by atoms with Gasteiger partial charge in [-0.2, -0.15) is 0 Å². The van der Waals surface area contributed by atoms with Gasteiger partial charge in [0, 0.05) is 5.92 Å². The lowest BCUT2D eigenvalue weighted by Crippen LogP contribution is -2.15. The van der Waals surface area contributed by atoms with Crippen LogP contribution in [0.25, 0.3) is 0 Å². The fourth-order valence-corrected chi connectivity index (χ4v) is 5.40. The second-order valence-corrected chi connectivity index (χ2v) is 9.28. The Balaban J connectivity index is 1.35. The van der Waals surface area contributed by atoms with E-state index >= 15 is 0 Å². The van der Waals surface area contributed by atoms with Crippen LogP contribution in [0.5, 0.6) is 0 Å². The second-order valence-electron chi connectivity index (χ2n) is 9.28. The molecule has 2 aliphatic carbocycles. The highest BCUT2D eigenvalue weighted by Gasteiger charge is 2.20. The standard InChI is InChI=1S/C24H44O/c1-2-21-13-10-14-23(19-21)12-9-7-5-3-4-6-8-11-22-15-17-24(20-25)18-16-22/h20-24H,2-19H2,1H3. The smallest absolute Gasteiger partial charge is 0.123 e. The molecule has 0 heterocycles. The fraction of sp³-hybridized carbons (Fsp3) is 0.958. The molecule has 146 valence electrons. The molecule has 2 saturated carbocycles. The topological polar surface area (TPSA) is 17.1 Å². The monoisotopic (exact) mass is 348 g/mol. The van der Waals surface area contributed by atoms with Crippen molar-refractivity contribution in [2.45, 2.75) is 122 Å². The molecule has 0 aromatic rings. The fourth-order valence-electron chi connectivity index (χ4n) is 5.40. The summed E-state index contributed by atoms with van der Waals surface area (Å²) in [5.41, 5.74) is 0.